The lowest BCUT2D eigenvalue weighted by molar-refractivity contribution is -0.143. The number of phenolic OH excluding ortho intramolecular Hbond substituents is 2. The van der Waals surface area contributed by atoms with E-state index in [1.54, 1.807) is 6.07 Å². The van der Waals surface area contributed by atoms with E-state index in [0.717, 1.165) is 11.1 Å². The number of rotatable bonds is 6. The number of phenols is 2. The summed E-state index contributed by atoms with van der Waals surface area (Å²) < 4.78 is 11.1. The minimum atomic E-state index is -0.509. The van der Waals surface area contributed by atoms with Crippen molar-refractivity contribution in [3.05, 3.63) is 59.4 Å². The van der Waals surface area contributed by atoms with Gasteiger partial charge in [0.25, 0.3) is 0 Å². The number of allylic oxidation sites excluding steroid dienone is 2. The van der Waals surface area contributed by atoms with Gasteiger partial charge in [-0.05, 0) is 52.0 Å². The van der Waals surface area contributed by atoms with E-state index in [2.05, 4.69) is 0 Å². The fraction of sp³-hybridized carbons (Fsp3) is 0.286. The van der Waals surface area contributed by atoms with E-state index in [0.29, 0.717) is 23.3 Å². The largest absolute Gasteiger partial charge is 0.508 e. The fourth-order valence-electron chi connectivity index (χ4n) is 2.39. The van der Waals surface area contributed by atoms with Gasteiger partial charge in [0.15, 0.2) is 0 Å². The van der Waals surface area contributed by atoms with Crippen molar-refractivity contribution in [2.45, 2.75) is 40.2 Å². The van der Waals surface area contributed by atoms with Crippen LogP contribution in [0, 0.1) is 0 Å². The molecule has 0 aliphatic rings. The molecular formula is C21H24O5. The molecule has 0 saturated heterocycles. The minimum absolute atomic E-state index is 0.00826. The lowest BCUT2D eigenvalue weighted by Gasteiger charge is -2.14. The monoisotopic (exact) mass is 356 g/mol. The SMILES string of the molecule is CC(C)=CC[C@H](OC(=O)C=C(C)C)c1coc(-c2cc(O)ccc2O)c1. The maximum Gasteiger partial charge on any atom is 0.331 e. The van der Waals surface area contributed by atoms with Crippen LogP contribution in [-0.4, -0.2) is 16.2 Å². The van der Waals surface area contributed by atoms with Crippen LogP contribution in [0.25, 0.3) is 11.3 Å². The van der Waals surface area contributed by atoms with Crippen LogP contribution in [0.5, 0.6) is 11.5 Å². The van der Waals surface area contributed by atoms with Crippen LogP contribution in [0.15, 0.2) is 58.2 Å². The highest BCUT2D eigenvalue weighted by atomic mass is 16.5. The Morgan fingerprint density at radius 2 is 1.88 bits per heavy atom. The molecule has 1 aromatic carbocycles. The normalized spacial score (nSPS) is 11.5. The van der Waals surface area contributed by atoms with Gasteiger partial charge in [0, 0.05) is 18.1 Å². The third-order valence-electron chi connectivity index (χ3n) is 3.64. The first-order valence-corrected chi connectivity index (χ1v) is 8.36. The molecule has 0 aliphatic heterocycles. The molecule has 0 aliphatic carbocycles. The molecule has 2 rings (SSSR count). The molecule has 5 heteroatoms. The van der Waals surface area contributed by atoms with Gasteiger partial charge < -0.3 is 19.4 Å². The summed E-state index contributed by atoms with van der Waals surface area (Å²) in [6.45, 7) is 7.60. The molecule has 1 aromatic heterocycles. The molecule has 2 N–H and O–H groups in total. The number of esters is 1. The van der Waals surface area contributed by atoms with Crippen LogP contribution in [0.2, 0.25) is 0 Å². The molecule has 0 amide bonds. The molecule has 5 nitrogen and oxygen atoms in total. The first-order valence-electron chi connectivity index (χ1n) is 8.36. The number of aromatic hydroxyl groups is 2. The van der Waals surface area contributed by atoms with Crippen LogP contribution < -0.4 is 0 Å². The molecule has 26 heavy (non-hydrogen) atoms. The van der Waals surface area contributed by atoms with Gasteiger partial charge in [-0.1, -0.05) is 17.2 Å². The molecule has 0 bridgehead atoms. The summed E-state index contributed by atoms with van der Waals surface area (Å²) in [5.41, 5.74) is 3.01. The Morgan fingerprint density at radius 1 is 1.15 bits per heavy atom. The quantitative estimate of drug-likeness (QED) is 0.319. The van der Waals surface area contributed by atoms with Crippen molar-refractivity contribution >= 4 is 5.97 Å². The number of ether oxygens (including phenoxy) is 1. The van der Waals surface area contributed by atoms with Gasteiger partial charge >= 0.3 is 5.97 Å². The molecular weight excluding hydrogens is 332 g/mol. The van der Waals surface area contributed by atoms with E-state index < -0.39 is 12.1 Å². The molecule has 2 aromatic rings. The predicted molar refractivity (Wildman–Crippen MR) is 99.8 cm³/mol. The zero-order chi connectivity index (χ0) is 19.3. The lowest BCUT2D eigenvalue weighted by Crippen LogP contribution is -2.08. The number of carbonyl (C=O) groups excluding carboxylic acids is 1. The molecule has 1 heterocycles. The summed E-state index contributed by atoms with van der Waals surface area (Å²) in [7, 11) is 0. The minimum Gasteiger partial charge on any atom is -0.508 e. The van der Waals surface area contributed by atoms with Gasteiger partial charge in [-0.3, -0.25) is 0 Å². The van der Waals surface area contributed by atoms with Crippen molar-refractivity contribution in [2.75, 3.05) is 0 Å². The van der Waals surface area contributed by atoms with Gasteiger partial charge in [-0.25, -0.2) is 4.79 Å². The summed E-state index contributed by atoms with van der Waals surface area (Å²) in [4.78, 5) is 12.0. The topological polar surface area (TPSA) is 79.9 Å². The lowest BCUT2D eigenvalue weighted by atomic mass is 10.1. The first-order chi connectivity index (χ1) is 12.3. The molecule has 138 valence electrons. The van der Waals surface area contributed by atoms with Crippen LogP contribution in [-0.2, 0) is 9.53 Å². The van der Waals surface area contributed by atoms with Crippen LogP contribution in [0.1, 0.15) is 45.8 Å². The van der Waals surface area contributed by atoms with E-state index in [1.165, 1.54) is 30.5 Å². The van der Waals surface area contributed by atoms with Gasteiger partial charge in [0.1, 0.15) is 23.4 Å². The van der Waals surface area contributed by atoms with E-state index in [4.69, 9.17) is 9.15 Å². The standard InChI is InChI=1S/C21H24O5/c1-13(2)5-8-19(26-21(24)9-14(3)4)15-10-20(25-12-15)17-11-16(22)6-7-18(17)23/h5-7,9-12,19,22-23H,8H2,1-4H3/t19-/m0/s1. The average Bonchev–Trinajstić information content (AvgIpc) is 3.02. The van der Waals surface area contributed by atoms with Gasteiger partial charge in [-0.15, -0.1) is 0 Å². The number of hydrogen-bond acceptors (Lipinski definition) is 5. The van der Waals surface area contributed by atoms with Crippen molar-refractivity contribution in [3.63, 3.8) is 0 Å². The second-order valence-electron chi connectivity index (χ2n) is 6.61. The molecule has 0 unspecified atom stereocenters. The second kappa shape index (κ2) is 8.43. The molecule has 0 saturated carbocycles. The number of benzene rings is 1. The maximum absolute atomic E-state index is 12.0. The third-order valence-corrected chi connectivity index (χ3v) is 3.64. The Labute approximate surface area is 153 Å². The second-order valence-corrected chi connectivity index (χ2v) is 6.61. The molecule has 0 spiro atoms. The van der Waals surface area contributed by atoms with Gasteiger partial charge in [-0.2, -0.15) is 0 Å². The van der Waals surface area contributed by atoms with Gasteiger partial charge in [0.05, 0.1) is 11.8 Å². The Hall–Kier alpha value is -2.95. The maximum atomic E-state index is 12.0. The van der Waals surface area contributed by atoms with Crippen molar-refractivity contribution < 1.29 is 24.2 Å². The van der Waals surface area contributed by atoms with Crippen LogP contribution >= 0.6 is 0 Å². The fourth-order valence-corrected chi connectivity index (χ4v) is 2.39. The smallest absolute Gasteiger partial charge is 0.331 e. The van der Waals surface area contributed by atoms with Gasteiger partial charge in [0.2, 0.25) is 0 Å². The molecule has 0 radical (unpaired) electrons. The zero-order valence-electron chi connectivity index (χ0n) is 15.4. The Morgan fingerprint density at radius 3 is 2.54 bits per heavy atom. The van der Waals surface area contributed by atoms with Crippen molar-refractivity contribution in [2.24, 2.45) is 0 Å². The van der Waals surface area contributed by atoms with Crippen molar-refractivity contribution in [1.29, 1.82) is 0 Å². The zero-order valence-corrected chi connectivity index (χ0v) is 15.4. The Kier molecular flexibility index (Phi) is 6.28. The van der Waals surface area contributed by atoms with Crippen LogP contribution in [0.4, 0.5) is 0 Å². The summed E-state index contributed by atoms with van der Waals surface area (Å²) in [6.07, 6.45) is 4.93. The summed E-state index contributed by atoms with van der Waals surface area (Å²) in [5, 5.41) is 19.6. The number of carbonyl (C=O) groups is 1. The van der Waals surface area contributed by atoms with E-state index in [-0.39, 0.29) is 11.5 Å². The highest BCUT2D eigenvalue weighted by molar-refractivity contribution is 5.82. The van der Waals surface area contributed by atoms with E-state index in [9.17, 15) is 15.0 Å². The predicted octanol–water partition coefficient (Wildman–Crippen LogP) is 5.26. The average molecular weight is 356 g/mol. The first kappa shape index (κ1) is 19.4. The molecule has 0 fully saturated rings. The summed E-state index contributed by atoms with van der Waals surface area (Å²) in [6, 6.07) is 5.90. The van der Waals surface area contributed by atoms with Crippen LogP contribution in [0.3, 0.4) is 0 Å². The summed E-state index contributed by atoms with van der Waals surface area (Å²) >= 11 is 0. The molecule has 1 atom stereocenters. The Bertz CT molecular complexity index is 834. The van der Waals surface area contributed by atoms with Crippen molar-refractivity contribution in [1.82, 2.24) is 0 Å². The number of hydrogen-bond donors (Lipinski definition) is 2. The van der Waals surface area contributed by atoms with E-state index >= 15 is 0 Å². The third kappa shape index (κ3) is 5.28. The highest BCUT2D eigenvalue weighted by Gasteiger charge is 2.19. The van der Waals surface area contributed by atoms with E-state index in [1.807, 2.05) is 33.8 Å². The van der Waals surface area contributed by atoms with Crippen molar-refractivity contribution in [3.8, 4) is 22.8 Å². The highest BCUT2D eigenvalue weighted by Crippen LogP contribution is 2.35. The Balaban J connectivity index is 2.32. The summed E-state index contributed by atoms with van der Waals surface area (Å²) in [5.74, 6) is -0.0214. The number of furan rings is 1.